The molecule has 0 aromatic heterocycles. The SMILES string of the molecule is O=C1OCCC1C(O)C1CC2C=CC1C2.[Ac]. The third-order valence-corrected chi connectivity index (χ3v) is 4.16. The smallest absolute Gasteiger partial charge is 0.311 e. The molecule has 4 heteroatoms. The molecule has 2 aliphatic carbocycles. The van der Waals surface area contributed by atoms with E-state index in [1.807, 2.05) is 0 Å². The molecular formula is C12H16AcO3. The number of rotatable bonds is 2. The molecule has 2 bridgehead atoms. The number of esters is 1. The Morgan fingerprint density at radius 1 is 1.38 bits per heavy atom. The summed E-state index contributed by atoms with van der Waals surface area (Å²) in [5.74, 6) is 0.970. The zero-order chi connectivity index (χ0) is 10.4. The first-order valence-electron chi connectivity index (χ1n) is 5.79. The second kappa shape index (κ2) is 5.08. The number of hydrogen-bond donors (Lipinski definition) is 1. The topological polar surface area (TPSA) is 46.5 Å². The number of allylic oxidation sites excluding steroid dienone is 2. The molecule has 5 unspecified atom stereocenters. The van der Waals surface area contributed by atoms with Crippen LogP contribution in [0.2, 0.25) is 0 Å². The minimum atomic E-state index is -0.486. The summed E-state index contributed by atoms with van der Waals surface area (Å²) in [6.45, 7) is 0.483. The van der Waals surface area contributed by atoms with E-state index in [0.717, 1.165) is 6.42 Å². The van der Waals surface area contributed by atoms with Gasteiger partial charge in [-0.1, -0.05) is 12.2 Å². The molecule has 2 fully saturated rings. The Kier molecular flexibility index (Phi) is 4.15. The Morgan fingerprint density at radius 3 is 2.69 bits per heavy atom. The first-order valence-corrected chi connectivity index (χ1v) is 5.79. The molecule has 0 spiro atoms. The van der Waals surface area contributed by atoms with Gasteiger partial charge in [0.15, 0.2) is 0 Å². The van der Waals surface area contributed by atoms with E-state index >= 15 is 0 Å². The van der Waals surface area contributed by atoms with Crippen LogP contribution in [0, 0.1) is 67.7 Å². The maximum absolute atomic E-state index is 11.4. The summed E-state index contributed by atoms with van der Waals surface area (Å²) < 4.78 is 4.91. The van der Waals surface area contributed by atoms with E-state index in [9.17, 15) is 9.90 Å². The van der Waals surface area contributed by atoms with Crippen molar-refractivity contribution in [2.75, 3.05) is 6.61 Å². The number of fused-ring (bicyclic) bond motifs is 2. The number of aliphatic hydroxyl groups excluding tert-OH is 1. The van der Waals surface area contributed by atoms with E-state index in [-0.39, 0.29) is 61.9 Å². The summed E-state index contributed by atoms with van der Waals surface area (Å²) in [7, 11) is 0. The zero-order valence-electron chi connectivity index (χ0n) is 9.21. The first-order chi connectivity index (χ1) is 7.25. The van der Waals surface area contributed by atoms with E-state index in [0.29, 0.717) is 24.9 Å². The van der Waals surface area contributed by atoms with Crippen LogP contribution >= 0.6 is 0 Å². The fourth-order valence-electron chi connectivity index (χ4n) is 3.34. The Labute approximate surface area is 131 Å². The molecule has 1 radical (unpaired) electrons. The Morgan fingerprint density at radius 2 is 2.19 bits per heavy atom. The molecule has 16 heavy (non-hydrogen) atoms. The Bertz CT molecular complexity index is 315. The number of cyclic esters (lactones) is 1. The summed E-state index contributed by atoms with van der Waals surface area (Å²) in [5.41, 5.74) is 0. The van der Waals surface area contributed by atoms with Gasteiger partial charge in [-0.2, -0.15) is 0 Å². The van der Waals surface area contributed by atoms with Gasteiger partial charge in [-0.3, -0.25) is 4.79 Å². The van der Waals surface area contributed by atoms with Gasteiger partial charge in [0.25, 0.3) is 0 Å². The number of carbonyl (C=O) groups is 1. The van der Waals surface area contributed by atoms with E-state index in [4.69, 9.17) is 4.74 Å². The van der Waals surface area contributed by atoms with Crippen LogP contribution in [0.1, 0.15) is 19.3 Å². The average molecular weight is 435 g/mol. The van der Waals surface area contributed by atoms with Crippen molar-refractivity contribution >= 4 is 5.97 Å². The maximum Gasteiger partial charge on any atom is 0.311 e. The fourth-order valence-corrected chi connectivity index (χ4v) is 3.34. The van der Waals surface area contributed by atoms with Crippen molar-refractivity contribution in [2.24, 2.45) is 23.7 Å². The number of hydrogen-bond acceptors (Lipinski definition) is 3. The van der Waals surface area contributed by atoms with Gasteiger partial charge in [-0.25, -0.2) is 0 Å². The van der Waals surface area contributed by atoms with Gasteiger partial charge in [-0.15, -0.1) is 0 Å². The van der Waals surface area contributed by atoms with Crippen molar-refractivity contribution < 1.29 is 58.7 Å². The zero-order valence-corrected chi connectivity index (χ0v) is 14.0. The number of carbonyl (C=O) groups excluding carboxylic acids is 1. The van der Waals surface area contributed by atoms with Crippen molar-refractivity contribution in [2.45, 2.75) is 25.4 Å². The minimum Gasteiger partial charge on any atom is -0.465 e. The normalized spacial score (nSPS) is 41.9. The molecule has 1 aliphatic heterocycles. The summed E-state index contributed by atoms with van der Waals surface area (Å²) in [6.07, 6.45) is 6.89. The predicted octanol–water partition coefficient (Wildman–Crippen LogP) is 1.12. The van der Waals surface area contributed by atoms with Gasteiger partial charge < -0.3 is 9.84 Å². The predicted molar refractivity (Wildman–Crippen MR) is 53.9 cm³/mol. The molecular weight excluding hydrogens is 419 g/mol. The third-order valence-electron chi connectivity index (χ3n) is 4.16. The van der Waals surface area contributed by atoms with Crippen LogP contribution in [0.5, 0.6) is 0 Å². The van der Waals surface area contributed by atoms with Crippen molar-refractivity contribution in [3.8, 4) is 0 Å². The van der Waals surface area contributed by atoms with Crippen LogP contribution in [0.25, 0.3) is 0 Å². The summed E-state index contributed by atoms with van der Waals surface area (Å²) >= 11 is 0. The van der Waals surface area contributed by atoms with Gasteiger partial charge in [0.1, 0.15) is 0 Å². The first kappa shape index (κ1) is 13.1. The molecule has 1 N–H and O–H groups in total. The van der Waals surface area contributed by atoms with Crippen LogP contribution in [0.3, 0.4) is 0 Å². The standard InChI is InChI=1S/C12H16O3.Ac/c13-11(9-3-4-15-12(9)14)10-6-7-1-2-8(10)5-7;/h1-2,7-11,13H,3-6H2;. The molecule has 1 saturated carbocycles. The van der Waals surface area contributed by atoms with E-state index in [2.05, 4.69) is 12.2 Å². The fraction of sp³-hybridized carbons (Fsp3) is 0.750. The molecule has 1 saturated heterocycles. The van der Waals surface area contributed by atoms with Crippen molar-refractivity contribution in [3.63, 3.8) is 0 Å². The van der Waals surface area contributed by atoms with Crippen LogP contribution in [0.15, 0.2) is 12.2 Å². The van der Waals surface area contributed by atoms with E-state index < -0.39 is 6.10 Å². The van der Waals surface area contributed by atoms with Gasteiger partial charge in [0.05, 0.1) is 18.6 Å². The summed E-state index contributed by atoms with van der Waals surface area (Å²) in [4.78, 5) is 11.4. The van der Waals surface area contributed by atoms with E-state index in [1.165, 1.54) is 6.42 Å². The maximum atomic E-state index is 11.4. The quantitative estimate of drug-likeness (QED) is 0.523. The van der Waals surface area contributed by atoms with Crippen molar-refractivity contribution in [3.05, 3.63) is 12.2 Å². The molecule has 0 aromatic rings. The third kappa shape index (κ3) is 2.13. The monoisotopic (exact) mass is 435 g/mol. The van der Waals surface area contributed by atoms with Crippen LogP contribution in [0.4, 0.5) is 0 Å². The molecule has 1 heterocycles. The van der Waals surface area contributed by atoms with Crippen LogP contribution in [-0.2, 0) is 9.53 Å². The number of ether oxygens (including phenoxy) is 1. The molecule has 85 valence electrons. The second-order valence-corrected chi connectivity index (χ2v) is 5.00. The van der Waals surface area contributed by atoms with Gasteiger partial charge in [0, 0.05) is 44.1 Å². The average Bonchev–Trinajstić information content (AvgIpc) is 2.91. The number of aliphatic hydroxyl groups is 1. The molecule has 3 rings (SSSR count). The molecule has 3 nitrogen and oxygen atoms in total. The molecule has 0 amide bonds. The van der Waals surface area contributed by atoms with Crippen LogP contribution < -0.4 is 0 Å². The molecule has 0 aromatic carbocycles. The summed E-state index contributed by atoms with van der Waals surface area (Å²) in [6, 6.07) is 0. The van der Waals surface area contributed by atoms with Gasteiger partial charge in [-0.05, 0) is 37.0 Å². The second-order valence-electron chi connectivity index (χ2n) is 5.00. The summed E-state index contributed by atoms with van der Waals surface area (Å²) in [5, 5.41) is 10.2. The van der Waals surface area contributed by atoms with E-state index in [1.54, 1.807) is 0 Å². The van der Waals surface area contributed by atoms with Crippen LogP contribution in [-0.4, -0.2) is 23.8 Å². The minimum absolute atomic E-state index is 0. The van der Waals surface area contributed by atoms with Gasteiger partial charge >= 0.3 is 5.97 Å². The van der Waals surface area contributed by atoms with Crippen molar-refractivity contribution in [1.82, 2.24) is 0 Å². The molecule has 3 aliphatic rings. The largest absolute Gasteiger partial charge is 0.465 e. The Hall–Kier alpha value is 0.612. The molecule has 5 atom stereocenters. The Balaban J connectivity index is 0.000000963. The van der Waals surface area contributed by atoms with Crippen molar-refractivity contribution in [1.29, 1.82) is 0 Å². The van der Waals surface area contributed by atoms with Gasteiger partial charge in [0.2, 0.25) is 0 Å².